The van der Waals surface area contributed by atoms with E-state index in [1.807, 2.05) is 6.07 Å². The van der Waals surface area contributed by atoms with Gasteiger partial charge in [-0.2, -0.15) is 0 Å². The van der Waals surface area contributed by atoms with Gasteiger partial charge in [-0.3, -0.25) is 0 Å². The molecule has 5 heteroatoms. The predicted molar refractivity (Wildman–Crippen MR) is 96.6 cm³/mol. The molecule has 0 radical (unpaired) electrons. The second kappa shape index (κ2) is 8.28. The molecule has 0 fully saturated rings. The molecule has 0 unspecified atom stereocenters. The number of rotatable bonds is 4. The fourth-order valence-corrected chi connectivity index (χ4v) is 2.81. The molecule has 3 nitrogen and oxygen atoms in total. The van der Waals surface area contributed by atoms with Crippen molar-refractivity contribution in [2.75, 3.05) is 18.6 Å². The molecule has 0 aliphatic carbocycles. The van der Waals surface area contributed by atoms with Crippen molar-refractivity contribution in [3.63, 3.8) is 0 Å². The van der Waals surface area contributed by atoms with Crippen LogP contribution in [0.25, 0.3) is 0 Å². The summed E-state index contributed by atoms with van der Waals surface area (Å²) in [6.45, 7) is 2.60. The molecule has 2 aromatic carbocycles. The molecule has 0 spiro atoms. The molecule has 1 heterocycles. The first-order valence-corrected chi connectivity index (χ1v) is 7.00. The van der Waals surface area contributed by atoms with E-state index in [1.165, 1.54) is 22.4 Å². The lowest BCUT2D eigenvalue weighted by atomic mass is 10.1. The minimum atomic E-state index is 0. The van der Waals surface area contributed by atoms with Crippen molar-refractivity contribution in [1.29, 1.82) is 0 Å². The minimum Gasteiger partial charge on any atom is -0.497 e. The van der Waals surface area contributed by atoms with Gasteiger partial charge in [0.15, 0.2) is 0 Å². The molecular formula is C17H22Cl2N2O. The second-order valence-corrected chi connectivity index (χ2v) is 5.19. The van der Waals surface area contributed by atoms with Crippen molar-refractivity contribution < 1.29 is 4.74 Å². The lowest BCUT2D eigenvalue weighted by molar-refractivity contribution is 0.414. The van der Waals surface area contributed by atoms with Crippen molar-refractivity contribution in [1.82, 2.24) is 0 Å². The molecule has 0 aromatic heterocycles. The van der Waals surface area contributed by atoms with E-state index >= 15 is 0 Å². The summed E-state index contributed by atoms with van der Waals surface area (Å²) in [7, 11) is 1.72. The van der Waals surface area contributed by atoms with Crippen LogP contribution in [-0.4, -0.2) is 13.7 Å². The highest BCUT2D eigenvalue weighted by Crippen LogP contribution is 2.32. The maximum Gasteiger partial charge on any atom is 0.119 e. The molecular weight excluding hydrogens is 319 g/mol. The number of nitrogens with zero attached hydrogens (tertiary/aromatic N) is 1. The number of halogens is 2. The molecule has 2 aromatic rings. The summed E-state index contributed by atoms with van der Waals surface area (Å²) >= 11 is 0. The number of methoxy groups -OCH3 is 1. The van der Waals surface area contributed by atoms with Crippen molar-refractivity contribution in [2.24, 2.45) is 5.73 Å². The third-order valence-electron chi connectivity index (χ3n) is 3.88. The summed E-state index contributed by atoms with van der Waals surface area (Å²) in [4.78, 5) is 2.42. The zero-order chi connectivity index (χ0) is 13.9. The third kappa shape index (κ3) is 3.86. The van der Waals surface area contributed by atoms with Gasteiger partial charge < -0.3 is 15.4 Å². The topological polar surface area (TPSA) is 38.5 Å². The van der Waals surface area contributed by atoms with Gasteiger partial charge in [0.1, 0.15) is 5.75 Å². The largest absolute Gasteiger partial charge is 0.497 e. The quantitative estimate of drug-likeness (QED) is 0.924. The summed E-state index contributed by atoms with van der Waals surface area (Å²) in [6.07, 6.45) is 1.09. The zero-order valence-corrected chi connectivity index (χ0v) is 14.3. The molecule has 120 valence electrons. The first-order valence-electron chi connectivity index (χ1n) is 7.00. The van der Waals surface area contributed by atoms with Gasteiger partial charge in [-0.25, -0.2) is 0 Å². The molecule has 0 saturated carbocycles. The molecule has 0 atom stereocenters. The Morgan fingerprint density at radius 2 is 1.86 bits per heavy atom. The predicted octanol–water partition coefficient (Wildman–Crippen LogP) is 3.56. The van der Waals surface area contributed by atoms with Crippen LogP contribution in [0.2, 0.25) is 0 Å². The van der Waals surface area contributed by atoms with Crippen LogP contribution in [0.5, 0.6) is 5.75 Å². The van der Waals surface area contributed by atoms with Crippen LogP contribution in [-0.2, 0) is 19.5 Å². The normalized spacial score (nSPS) is 12.2. The van der Waals surface area contributed by atoms with Gasteiger partial charge in [0, 0.05) is 25.3 Å². The minimum absolute atomic E-state index is 0. The average Bonchev–Trinajstić information content (AvgIpc) is 2.89. The number of hydrogen-bond acceptors (Lipinski definition) is 3. The Balaban J connectivity index is 0.00000121. The third-order valence-corrected chi connectivity index (χ3v) is 3.88. The molecule has 0 amide bonds. The van der Waals surface area contributed by atoms with Crippen LogP contribution in [0.1, 0.15) is 16.7 Å². The van der Waals surface area contributed by atoms with E-state index in [1.54, 1.807) is 7.11 Å². The van der Waals surface area contributed by atoms with Crippen molar-refractivity contribution in [3.8, 4) is 5.75 Å². The number of anilines is 1. The number of fused-ring (bicyclic) bond motifs is 1. The van der Waals surface area contributed by atoms with E-state index in [4.69, 9.17) is 10.5 Å². The highest BCUT2D eigenvalue weighted by molar-refractivity contribution is 5.85. The fraction of sp³-hybridized carbons (Fsp3) is 0.294. The van der Waals surface area contributed by atoms with E-state index in [0.717, 1.165) is 25.3 Å². The highest BCUT2D eigenvalue weighted by Gasteiger charge is 2.19. The summed E-state index contributed by atoms with van der Waals surface area (Å²) < 4.78 is 5.29. The molecule has 22 heavy (non-hydrogen) atoms. The van der Waals surface area contributed by atoms with Gasteiger partial charge in [-0.1, -0.05) is 24.3 Å². The van der Waals surface area contributed by atoms with E-state index in [2.05, 4.69) is 41.3 Å². The van der Waals surface area contributed by atoms with E-state index in [9.17, 15) is 0 Å². The van der Waals surface area contributed by atoms with Crippen LogP contribution >= 0.6 is 24.8 Å². The highest BCUT2D eigenvalue weighted by atomic mass is 35.5. The summed E-state index contributed by atoms with van der Waals surface area (Å²) in [5.74, 6) is 0.940. The first kappa shape index (κ1) is 18.6. The van der Waals surface area contributed by atoms with Crippen LogP contribution in [0.15, 0.2) is 42.5 Å². The summed E-state index contributed by atoms with van der Waals surface area (Å²) in [5, 5.41) is 0. The van der Waals surface area contributed by atoms with Gasteiger partial charge in [0.2, 0.25) is 0 Å². The number of nitrogens with two attached hydrogens (primary N) is 1. The average molecular weight is 341 g/mol. The van der Waals surface area contributed by atoms with Crippen LogP contribution in [0.3, 0.4) is 0 Å². The van der Waals surface area contributed by atoms with Gasteiger partial charge >= 0.3 is 0 Å². The van der Waals surface area contributed by atoms with Crippen molar-refractivity contribution in [2.45, 2.75) is 19.5 Å². The molecule has 0 bridgehead atoms. The van der Waals surface area contributed by atoms with Crippen LogP contribution in [0.4, 0.5) is 5.69 Å². The van der Waals surface area contributed by atoms with Gasteiger partial charge in [-0.05, 0) is 41.3 Å². The summed E-state index contributed by atoms with van der Waals surface area (Å²) in [6, 6.07) is 14.9. The summed E-state index contributed by atoms with van der Waals surface area (Å²) in [5.41, 5.74) is 10.9. The Labute approximate surface area is 144 Å². The molecule has 1 aliphatic rings. The van der Waals surface area contributed by atoms with Crippen molar-refractivity contribution in [3.05, 3.63) is 59.2 Å². The van der Waals surface area contributed by atoms with Gasteiger partial charge in [0.05, 0.1) is 7.11 Å². The Morgan fingerprint density at radius 1 is 1.09 bits per heavy atom. The lowest BCUT2D eigenvalue weighted by Gasteiger charge is -2.20. The van der Waals surface area contributed by atoms with Crippen LogP contribution in [0, 0.1) is 0 Å². The molecule has 0 saturated heterocycles. The Morgan fingerprint density at radius 3 is 2.59 bits per heavy atom. The smallest absolute Gasteiger partial charge is 0.119 e. The number of hydrogen-bond donors (Lipinski definition) is 1. The standard InChI is InChI=1S/C17H20N2O.2ClH/c1-20-16-5-6-17-15(10-16)7-8-19(17)12-14-4-2-3-13(9-14)11-18;;/h2-6,9-10H,7-8,11-12,18H2,1H3;2*1H. The fourth-order valence-electron chi connectivity index (χ4n) is 2.81. The monoisotopic (exact) mass is 340 g/mol. The van der Waals surface area contributed by atoms with Gasteiger partial charge in [-0.15, -0.1) is 24.8 Å². The second-order valence-electron chi connectivity index (χ2n) is 5.19. The number of benzene rings is 2. The maximum atomic E-state index is 5.71. The van der Waals surface area contributed by atoms with E-state index in [0.29, 0.717) is 6.54 Å². The van der Waals surface area contributed by atoms with E-state index < -0.39 is 0 Å². The molecule has 3 rings (SSSR count). The lowest BCUT2D eigenvalue weighted by Crippen LogP contribution is -2.19. The number of ether oxygens (including phenoxy) is 1. The van der Waals surface area contributed by atoms with E-state index in [-0.39, 0.29) is 24.8 Å². The first-order chi connectivity index (χ1) is 9.80. The van der Waals surface area contributed by atoms with Crippen molar-refractivity contribution >= 4 is 30.5 Å². The zero-order valence-electron chi connectivity index (χ0n) is 12.6. The molecule has 2 N–H and O–H groups in total. The Kier molecular flexibility index (Phi) is 7.01. The maximum absolute atomic E-state index is 5.71. The van der Waals surface area contributed by atoms with Gasteiger partial charge in [0.25, 0.3) is 0 Å². The Bertz CT molecular complexity index is 619. The SMILES string of the molecule is COc1ccc2c(c1)CCN2Cc1cccc(CN)c1.Cl.Cl. The molecule has 1 aliphatic heterocycles. The Hall–Kier alpha value is -1.42. The van der Waals surface area contributed by atoms with Crippen LogP contribution < -0.4 is 15.4 Å².